The molecule has 3 atom stereocenters. The van der Waals surface area contributed by atoms with Gasteiger partial charge in [-0.2, -0.15) is 0 Å². The van der Waals surface area contributed by atoms with E-state index in [-0.39, 0.29) is 12.5 Å². The van der Waals surface area contributed by atoms with Crippen molar-refractivity contribution < 1.29 is 32.9 Å². The third kappa shape index (κ3) is 53.7. The summed E-state index contributed by atoms with van der Waals surface area (Å²) in [5.41, 5.74) is 0. The summed E-state index contributed by atoms with van der Waals surface area (Å²) in [6, 6.07) is -0.902. The standard InChI is InChI=1S/C61H113N2O6P/c1-6-8-10-12-14-16-18-19-20-21-22-23-24-25-26-27-28-29-30-31-32-33-34-35-36-37-38-39-40-41-42-43-45-47-49-51-53-55-61(65)62-59(58-69-70(66,67)68-57-56-63(3,4)5)60(64)54-52-50-48-46-44-17-15-13-11-9-7-2/h8,10,14,16,19-20,22-23,44,46,52,54,59-60,64H,6-7,9,11-13,15,17-18,21,24-43,45,47-51,53,55-58H2,1-5H3,(H-,62,65,66,67)/b10-8-,16-14-,20-19-,23-22-,46-44+,54-52+. The van der Waals surface area contributed by atoms with Gasteiger partial charge < -0.3 is 28.8 Å². The van der Waals surface area contributed by atoms with E-state index in [9.17, 15) is 19.4 Å². The molecule has 0 aromatic carbocycles. The van der Waals surface area contributed by atoms with Gasteiger partial charge in [0.1, 0.15) is 13.2 Å². The summed E-state index contributed by atoms with van der Waals surface area (Å²) in [7, 11) is 1.25. The van der Waals surface area contributed by atoms with Crippen LogP contribution in [0.2, 0.25) is 0 Å². The SMILES string of the molecule is CC/C=C\C/C=C\C/C=C\C/C=C\CCCCCCCCCCCCCCCCCCCCCCCCCCC(=O)NC(COP(=O)([O-])OCC[N+](C)(C)C)C(O)/C=C/CC/C=C/CCCCCCC. The summed E-state index contributed by atoms with van der Waals surface area (Å²) in [6.45, 7) is 4.49. The first-order chi connectivity index (χ1) is 34.0. The van der Waals surface area contributed by atoms with E-state index in [4.69, 9.17) is 9.05 Å². The second-order valence-corrected chi connectivity index (χ2v) is 22.4. The molecule has 0 rings (SSSR count). The number of unbranched alkanes of at least 4 members (excludes halogenated alkanes) is 30. The van der Waals surface area contributed by atoms with Crippen molar-refractivity contribution in [2.75, 3.05) is 40.9 Å². The van der Waals surface area contributed by atoms with Crippen LogP contribution in [0.15, 0.2) is 72.9 Å². The van der Waals surface area contributed by atoms with E-state index < -0.39 is 26.6 Å². The lowest BCUT2D eigenvalue weighted by Crippen LogP contribution is -2.45. The molecule has 0 fully saturated rings. The molecule has 8 nitrogen and oxygen atoms in total. The van der Waals surface area contributed by atoms with Crippen molar-refractivity contribution in [3.8, 4) is 0 Å². The maximum atomic E-state index is 12.9. The molecule has 0 radical (unpaired) electrons. The average Bonchev–Trinajstić information content (AvgIpc) is 3.32. The summed E-state index contributed by atoms with van der Waals surface area (Å²) < 4.78 is 23.2. The lowest BCUT2D eigenvalue weighted by molar-refractivity contribution is -0.870. The Hall–Kier alpha value is -2.06. The molecule has 408 valence electrons. The molecule has 0 saturated carbocycles. The van der Waals surface area contributed by atoms with Crippen LogP contribution in [0, 0.1) is 0 Å². The number of quaternary nitrogens is 1. The number of aliphatic hydroxyl groups excluding tert-OH is 1. The topological polar surface area (TPSA) is 108 Å². The van der Waals surface area contributed by atoms with Crippen LogP contribution in [0.1, 0.15) is 258 Å². The van der Waals surface area contributed by atoms with Crippen molar-refractivity contribution in [1.82, 2.24) is 5.32 Å². The summed E-state index contributed by atoms with van der Waals surface area (Å²) in [5.74, 6) is -0.207. The smallest absolute Gasteiger partial charge is 0.268 e. The van der Waals surface area contributed by atoms with E-state index in [1.807, 2.05) is 27.2 Å². The fraction of sp³-hybridized carbons (Fsp3) is 0.787. The number of hydrogen-bond acceptors (Lipinski definition) is 6. The number of phosphoric acid groups is 1. The number of aliphatic hydroxyl groups is 1. The molecule has 3 unspecified atom stereocenters. The normalized spacial score (nSPS) is 14.4. The predicted octanol–water partition coefficient (Wildman–Crippen LogP) is 17.2. The molecule has 0 aromatic heterocycles. The minimum Gasteiger partial charge on any atom is -0.756 e. The highest BCUT2D eigenvalue weighted by molar-refractivity contribution is 7.45. The molecule has 0 saturated heterocycles. The summed E-state index contributed by atoms with van der Waals surface area (Å²) >= 11 is 0. The molecule has 70 heavy (non-hydrogen) atoms. The summed E-state index contributed by atoms with van der Waals surface area (Å²) in [5, 5.41) is 13.8. The molecule has 0 heterocycles. The third-order valence-corrected chi connectivity index (χ3v) is 13.9. The number of likely N-dealkylation sites (N-methyl/N-ethyl adjacent to an activating group) is 1. The predicted molar refractivity (Wildman–Crippen MR) is 302 cm³/mol. The molecule has 0 bridgehead atoms. The van der Waals surface area contributed by atoms with Gasteiger partial charge in [0.15, 0.2) is 0 Å². The highest BCUT2D eigenvalue weighted by Crippen LogP contribution is 2.38. The number of allylic oxidation sites excluding steroid dienone is 11. The van der Waals surface area contributed by atoms with Crippen molar-refractivity contribution in [3.05, 3.63) is 72.9 Å². The van der Waals surface area contributed by atoms with E-state index in [1.54, 1.807) is 6.08 Å². The second kappa shape index (κ2) is 51.8. The molecule has 1 amide bonds. The highest BCUT2D eigenvalue weighted by atomic mass is 31.2. The molecule has 0 aliphatic heterocycles. The average molecular weight is 1000 g/mol. The lowest BCUT2D eigenvalue weighted by atomic mass is 10.0. The molecule has 0 aliphatic rings. The molecular formula is C61H113N2O6P. The Morgan fingerprint density at radius 2 is 0.886 bits per heavy atom. The van der Waals surface area contributed by atoms with E-state index in [0.29, 0.717) is 17.4 Å². The van der Waals surface area contributed by atoms with Crippen LogP contribution in [-0.2, 0) is 18.4 Å². The summed E-state index contributed by atoms with van der Waals surface area (Å²) in [6.07, 6.45) is 71.6. The Labute approximate surface area is 434 Å². The number of phosphoric ester groups is 1. The number of amides is 1. The van der Waals surface area contributed by atoms with Gasteiger partial charge in [0.25, 0.3) is 7.82 Å². The zero-order valence-corrected chi connectivity index (χ0v) is 47.4. The van der Waals surface area contributed by atoms with Gasteiger partial charge in [0.05, 0.1) is 39.9 Å². The number of nitrogens with zero attached hydrogens (tertiary/aromatic N) is 1. The van der Waals surface area contributed by atoms with Crippen LogP contribution in [0.25, 0.3) is 0 Å². The molecule has 9 heteroatoms. The Kier molecular flexibility index (Phi) is 50.3. The second-order valence-electron chi connectivity index (χ2n) is 21.0. The van der Waals surface area contributed by atoms with Gasteiger partial charge >= 0.3 is 0 Å². The lowest BCUT2D eigenvalue weighted by Gasteiger charge is -2.29. The van der Waals surface area contributed by atoms with Crippen LogP contribution < -0.4 is 10.2 Å². The molecule has 2 N–H and O–H groups in total. The van der Waals surface area contributed by atoms with E-state index in [0.717, 1.165) is 64.2 Å². The molecular weight excluding hydrogens is 888 g/mol. The number of rotatable bonds is 53. The third-order valence-electron chi connectivity index (χ3n) is 12.9. The van der Waals surface area contributed by atoms with Crippen LogP contribution in [0.5, 0.6) is 0 Å². The molecule has 0 aromatic rings. The monoisotopic (exact) mass is 1000 g/mol. The Bertz CT molecular complexity index is 1370. The zero-order chi connectivity index (χ0) is 51.3. The molecule has 0 spiro atoms. The van der Waals surface area contributed by atoms with Gasteiger partial charge in [0, 0.05) is 6.42 Å². The first-order valence-corrected chi connectivity index (χ1v) is 30.8. The first-order valence-electron chi connectivity index (χ1n) is 29.3. The van der Waals surface area contributed by atoms with Crippen molar-refractivity contribution >= 4 is 13.7 Å². The highest BCUT2D eigenvalue weighted by Gasteiger charge is 2.23. The fourth-order valence-electron chi connectivity index (χ4n) is 8.34. The first kappa shape index (κ1) is 67.9. The van der Waals surface area contributed by atoms with Gasteiger partial charge in [-0.05, 0) is 70.6 Å². The number of carbonyl (C=O) groups excluding carboxylic acids is 1. The zero-order valence-electron chi connectivity index (χ0n) is 46.5. The quantitative estimate of drug-likeness (QED) is 0.0272. The Morgan fingerprint density at radius 1 is 0.514 bits per heavy atom. The van der Waals surface area contributed by atoms with Gasteiger partial charge in [-0.15, -0.1) is 0 Å². The number of hydrogen-bond donors (Lipinski definition) is 2. The van der Waals surface area contributed by atoms with Crippen LogP contribution >= 0.6 is 7.82 Å². The van der Waals surface area contributed by atoms with Gasteiger partial charge in [0.2, 0.25) is 5.91 Å². The van der Waals surface area contributed by atoms with E-state index in [1.165, 1.54) is 173 Å². The van der Waals surface area contributed by atoms with Crippen molar-refractivity contribution in [3.63, 3.8) is 0 Å². The minimum absolute atomic E-state index is 0.00673. The Morgan fingerprint density at radius 3 is 1.33 bits per heavy atom. The van der Waals surface area contributed by atoms with E-state index >= 15 is 0 Å². The van der Waals surface area contributed by atoms with Gasteiger partial charge in [-0.3, -0.25) is 9.36 Å². The van der Waals surface area contributed by atoms with E-state index in [2.05, 4.69) is 79.9 Å². The summed E-state index contributed by atoms with van der Waals surface area (Å²) in [4.78, 5) is 25.4. The Balaban J connectivity index is 3.90. The largest absolute Gasteiger partial charge is 0.756 e. The van der Waals surface area contributed by atoms with Gasteiger partial charge in [-0.1, -0.05) is 254 Å². The number of carbonyl (C=O) groups is 1. The van der Waals surface area contributed by atoms with Crippen LogP contribution in [0.4, 0.5) is 0 Å². The minimum atomic E-state index is -4.60. The van der Waals surface area contributed by atoms with Crippen molar-refractivity contribution in [2.45, 2.75) is 270 Å². The maximum Gasteiger partial charge on any atom is 0.268 e. The van der Waals surface area contributed by atoms with Crippen LogP contribution in [0.3, 0.4) is 0 Å². The molecule has 0 aliphatic carbocycles. The van der Waals surface area contributed by atoms with Crippen LogP contribution in [-0.4, -0.2) is 68.5 Å². The fourth-order valence-corrected chi connectivity index (χ4v) is 9.06. The number of nitrogens with one attached hydrogen (secondary N) is 1. The van der Waals surface area contributed by atoms with Crippen molar-refractivity contribution in [2.24, 2.45) is 0 Å². The van der Waals surface area contributed by atoms with Gasteiger partial charge in [-0.25, -0.2) is 0 Å². The maximum absolute atomic E-state index is 12.9. The van der Waals surface area contributed by atoms with Crippen molar-refractivity contribution in [1.29, 1.82) is 0 Å².